The number of hydrogen-bond donors (Lipinski definition) is 1. The van der Waals surface area contributed by atoms with Gasteiger partial charge in [0.05, 0.1) is 35.1 Å². The Morgan fingerprint density at radius 2 is 1.94 bits per heavy atom. The summed E-state index contributed by atoms with van der Waals surface area (Å²) in [5, 5.41) is 12.5. The quantitative estimate of drug-likeness (QED) is 0.512. The van der Waals surface area contributed by atoms with Crippen LogP contribution in [0.25, 0.3) is 10.8 Å². The lowest BCUT2D eigenvalue weighted by molar-refractivity contribution is 0.0743. The topological polar surface area (TPSA) is 83.9 Å². The fourth-order valence-corrected chi connectivity index (χ4v) is 4.57. The zero-order chi connectivity index (χ0) is 22.5. The second-order valence-electron chi connectivity index (χ2n) is 8.94. The fraction of sp³-hybridized carbons (Fsp3) is 0.280. The zero-order valence-corrected chi connectivity index (χ0v) is 17.9. The third kappa shape index (κ3) is 3.61. The molecule has 1 amide bonds. The minimum absolute atomic E-state index is 0.0492. The van der Waals surface area contributed by atoms with E-state index in [0.29, 0.717) is 36.5 Å². The van der Waals surface area contributed by atoms with Gasteiger partial charge in [-0.25, -0.2) is 9.49 Å². The summed E-state index contributed by atoms with van der Waals surface area (Å²) >= 11 is 0. The third-order valence-corrected chi connectivity index (χ3v) is 6.56. The molecule has 0 saturated heterocycles. The maximum Gasteiger partial charge on any atom is 0.272 e. The van der Waals surface area contributed by atoms with Crippen molar-refractivity contribution in [1.82, 2.24) is 24.9 Å². The molecule has 8 heteroatoms. The molecular weight excluding hydrogens is 421 g/mol. The smallest absolute Gasteiger partial charge is 0.272 e. The van der Waals surface area contributed by atoms with Gasteiger partial charge in [0, 0.05) is 30.5 Å². The zero-order valence-electron chi connectivity index (χ0n) is 17.9. The number of aromatic nitrogens is 4. The largest absolute Gasteiger partial charge is 0.328 e. The summed E-state index contributed by atoms with van der Waals surface area (Å²) in [7, 11) is 0. The minimum Gasteiger partial charge on any atom is -0.328 e. The highest BCUT2D eigenvalue weighted by atomic mass is 19.1. The summed E-state index contributed by atoms with van der Waals surface area (Å²) in [4.78, 5) is 27.0. The Morgan fingerprint density at radius 1 is 1.12 bits per heavy atom. The fourth-order valence-electron chi connectivity index (χ4n) is 4.57. The SMILES string of the molecule is O=C(c1cc(Cc2n[nH]c(=O)c3ccccc23)ccc1F)N1Cc2cnn(CC3CC3)c2C1. The number of nitrogens with zero attached hydrogens (tertiary/aromatic N) is 4. The van der Waals surface area contributed by atoms with Crippen LogP contribution in [0, 0.1) is 11.7 Å². The third-order valence-electron chi connectivity index (χ3n) is 6.56. The number of rotatable bonds is 5. The monoisotopic (exact) mass is 443 g/mol. The van der Waals surface area contributed by atoms with Crippen molar-refractivity contribution in [2.75, 3.05) is 0 Å². The van der Waals surface area contributed by atoms with Crippen LogP contribution in [0.4, 0.5) is 4.39 Å². The molecule has 2 aliphatic rings. The standard InChI is InChI=1S/C25H22FN5O2/c26-21-8-7-16(10-22-18-3-1-2-4-19(18)24(32)29-28-22)9-20(21)25(33)30-13-17-11-27-31(23(17)14-30)12-15-5-6-15/h1-4,7-9,11,15H,5-6,10,12-14H2,(H,29,32). The summed E-state index contributed by atoms with van der Waals surface area (Å²) in [6.07, 6.45) is 4.66. The van der Waals surface area contributed by atoms with E-state index in [-0.39, 0.29) is 17.0 Å². The van der Waals surface area contributed by atoms with Gasteiger partial charge in [0.25, 0.3) is 11.5 Å². The summed E-state index contributed by atoms with van der Waals surface area (Å²) < 4.78 is 16.7. The van der Waals surface area contributed by atoms with Crippen LogP contribution in [-0.4, -0.2) is 30.8 Å². The van der Waals surface area contributed by atoms with Gasteiger partial charge in [-0.2, -0.15) is 10.2 Å². The van der Waals surface area contributed by atoms with E-state index < -0.39 is 5.82 Å². The molecule has 0 radical (unpaired) electrons. The number of fused-ring (bicyclic) bond motifs is 2. The Bertz CT molecular complexity index is 1450. The highest BCUT2D eigenvalue weighted by Crippen LogP contribution is 2.33. The molecule has 0 bridgehead atoms. The van der Waals surface area contributed by atoms with Gasteiger partial charge >= 0.3 is 0 Å². The second kappa shape index (κ2) is 7.65. The first-order valence-corrected chi connectivity index (χ1v) is 11.1. The Balaban J connectivity index is 1.26. The van der Waals surface area contributed by atoms with Crippen molar-refractivity contribution in [2.45, 2.75) is 38.9 Å². The number of H-pyrrole nitrogens is 1. The lowest BCUT2D eigenvalue weighted by Crippen LogP contribution is -2.27. The summed E-state index contributed by atoms with van der Waals surface area (Å²) in [6.45, 7) is 1.77. The molecule has 7 nitrogen and oxygen atoms in total. The molecule has 1 N–H and O–H groups in total. The first-order valence-electron chi connectivity index (χ1n) is 11.1. The predicted molar refractivity (Wildman–Crippen MR) is 120 cm³/mol. The van der Waals surface area contributed by atoms with Crippen LogP contribution in [0.15, 0.2) is 53.5 Å². The molecule has 2 aromatic heterocycles. The van der Waals surface area contributed by atoms with Crippen LogP contribution >= 0.6 is 0 Å². The van der Waals surface area contributed by atoms with Crippen molar-refractivity contribution in [3.05, 3.63) is 92.9 Å². The number of nitrogens with one attached hydrogen (secondary N) is 1. The maximum atomic E-state index is 14.7. The van der Waals surface area contributed by atoms with Crippen LogP contribution in [0.2, 0.25) is 0 Å². The van der Waals surface area contributed by atoms with E-state index in [1.54, 1.807) is 29.2 Å². The number of amides is 1. The Labute approximate surface area is 188 Å². The van der Waals surface area contributed by atoms with Gasteiger partial charge in [-0.05, 0) is 42.5 Å². The van der Waals surface area contributed by atoms with E-state index in [9.17, 15) is 14.0 Å². The van der Waals surface area contributed by atoms with Gasteiger partial charge in [0.1, 0.15) is 5.82 Å². The summed E-state index contributed by atoms with van der Waals surface area (Å²) in [6, 6.07) is 11.8. The number of hydrogen-bond acceptors (Lipinski definition) is 4. The average molecular weight is 443 g/mol. The molecule has 0 spiro atoms. The minimum atomic E-state index is -0.543. The molecule has 0 atom stereocenters. The van der Waals surface area contributed by atoms with Crippen molar-refractivity contribution in [3.63, 3.8) is 0 Å². The number of carbonyl (C=O) groups excluding carboxylic acids is 1. The molecule has 3 heterocycles. The molecule has 1 aliphatic heterocycles. The van der Waals surface area contributed by atoms with Crippen molar-refractivity contribution in [1.29, 1.82) is 0 Å². The van der Waals surface area contributed by atoms with E-state index in [1.807, 2.05) is 23.0 Å². The van der Waals surface area contributed by atoms with Crippen LogP contribution in [-0.2, 0) is 26.1 Å². The summed E-state index contributed by atoms with van der Waals surface area (Å²) in [5.41, 5.74) is 3.30. The van der Waals surface area contributed by atoms with Gasteiger partial charge in [-0.3, -0.25) is 14.3 Å². The molecule has 33 heavy (non-hydrogen) atoms. The molecule has 2 aromatic carbocycles. The van der Waals surface area contributed by atoms with Crippen molar-refractivity contribution in [2.24, 2.45) is 5.92 Å². The molecule has 1 fully saturated rings. The number of carbonyl (C=O) groups is 1. The molecule has 1 saturated carbocycles. The molecule has 4 aromatic rings. The van der Waals surface area contributed by atoms with Gasteiger partial charge in [-0.15, -0.1) is 0 Å². The highest BCUT2D eigenvalue weighted by Gasteiger charge is 2.31. The molecule has 0 unspecified atom stereocenters. The number of aromatic amines is 1. The van der Waals surface area contributed by atoms with Gasteiger partial charge in [0.2, 0.25) is 0 Å². The van der Waals surface area contributed by atoms with Gasteiger partial charge in [0.15, 0.2) is 0 Å². The first kappa shape index (κ1) is 19.8. The van der Waals surface area contributed by atoms with E-state index >= 15 is 0 Å². The van der Waals surface area contributed by atoms with Gasteiger partial charge in [-0.1, -0.05) is 24.3 Å². The predicted octanol–water partition coefficient (Wildman–Crippen LogP) is 3.42. The van der Waals surface area contributed by atoms with Crippen molar-refractivity contribution < 1.29 is 9.18 Å². The lowest BCUT2D eigenvalue weighted by Gasteiger charge is -2.17. The Kier molecular flexibility index (Phi) is 4.60. The van der Waals surface area contributed by atoms with Crippen LogP contribution < -0.4 is 5.56 Å². The van der Waals surface area contributed by atoms with E-state index in [2.05, 4.69) is 15.3 Å². The molecule has 1 aliphatic carbocycles. The summed E-state index contributed by atoms with van der Waals surface area (Å²) in [5.74, 6) is -0.188. The first-order chi connectivity index (χ1) is 16.1. The normalized spacial score (nSPS) is 15.2. The lowest BCUT2D eigenvalue weighted by atomic mass is 10.0. The van der Waals surface area contributed by atoms with Crippen molar-refractivity contribution >= 4 is 16.7 Å². The van der Waals surface area contributed by atoms with Crippen LogP contribution in [0.1, 0.15) is 45.7 Å². The highest BCUT2D eigenvalue weighted by molar-refractivity contribution is 5.95. The van der Waals surface area contributed by atoms with E-state index in [1.165, 1.54) is 18.9 Å². The molecular formula is C25H22FN5O2. The van der Waals surface area contributed by atoms with Crippen LogP contribution in [0.3, 0.4) is 0 Å². The average Bonchev–Trinajstić information content (AvgIpc) is 3.42. The second-order valence-corrected chi connectivity index (χ2v) is 8.94. The number of benzene rings is 2. The van der Waals surface area contributed by atoms with Crippen LogP contribution in [0.5, 0.6) is 0 Å². The Morgan fingerprint density at radius 3 is 2.76 bits per heavy atom. The Hall–Kier alpha value is -3.81. The molecule has 6 rings (SSSR count). The van der Waals surface area contributed by atoms with E-state index in [4.69, 9.17) is 0 Å². The maximum absolute atomic E-state index is 14.7. The van der Waals surface area contributed by atoms with E-state index in [0.717, 1.165) is 28.8 Å². The molecule has 166 valence electrons. The number of halogens is 1. The van der Waals surface area contributed by atoms with Crippen molar-refractivity contribution in [3.8, 4) is 0 Å². The van der Waals surface area contributed by atoms with Gasteiger partial charge < -0.3 is 4.90 Å².